The van der Waals surface area contributed by atoms with Crippen molar-refractivity contribution < 1.29 is 13.6 Å². The van der Waals surface area contributed by atoms with Gasteiger partial charge in [-0.15, -0.1) is 0 Å². The highest BCUT2D eigenvalue weighted by atomic mass is 19.1. The van der Waals surface area contributed by atoms with Crippen LogP contribution in [0.5, 0.6) is 0 Å². The highest BCUT2D eigenvalue weighted by Crippen LogP contribution is 2.20. The molecule has 1 amide bonds. The molecule has 0 aromatic heterocycles. The summed E-state index contributed by atoms with van der Waals surface area (Å²) < 4.78 is 27.0. The summed E-state index contributed by atoms with van der Waals surface area (Å²) in [6.07, 6.45) is 2.37. The Kier molecular flexibility index (Phi) is 7.16. The fourth-order valence-electron chi connectivity index (χ4n) is 2.96. The summed E-state index contributed by atoms with van der Waals surface area (Å²) in [5.74, 6) is 0.224. The van der Waals surface area contributed by atoms with Crippen molar-refractivity contribution in [2.24, 2.45) is 10.9 Å². The lowest BCUT2D eigenvalue weighted by atomic mass is 9.93. The van der Waals surface area contributed by atoms with E-state index in [2.05, 4.69) is 20.5 Å². The Labute approximate surface area is 147 Å². The molecule has 1 aliphatic heterocycles. The van der Waals surface area contributed by atoms with Crippen LogP contribution in [0.3, 0.4) is 0 Å². The van der Waals surface area contributed by atoms with Gasteiger partial charge < -0.3 is 15.5 Å². The Morgan fingerprint density at radius 1 is 1.32 bits per heavy atom. The van der Waals surface area contributed by atoms with Crippen LogP contribution in [0.15, 0.2) is 23.2 Å². The Morgan fingerprint density at radius 3 is 2.68 bits per heavy atom. The average Bonchev–Trinajstić information content (AvgIpc) is 2.62. The first kappa shape index (κ1) is 19.1. The minimum atomic E-state index is -0.466. The normalized spacial score (nSPS) is 16.0. The van der Waals surface area contributed by atoms with E-state index < -0.39 is 11.6 Å². The van der Waals surface area contributed by atoms with E-state index in [1.807, 2.05) is 6.92 Å². The zero-order valence-electron chi connectivity index (χ0n) is 14.8. The van der Waals surface area contributed by atoms with Gasteiger partial charge in [0.1, 0.15) is 11.6 Å². The molecule has 138 valence electrons. The molecule has 2 rings (SSSR count). The summed E-state index contributed by atoms with van der Waals surface area (Å²) in [5.41, 5.74) is 0.241. The van der Waals surface area contributed by atoms with E-state index in [1.54, 1.807) is 7.05 Å². The zero-order chi connectivity index (χ0) is 18.2. The van der Waals surface area contributed by atoms with Crippen molar-refractivity contribution in [1.82, 2.24) is 15.5 Å². The zero-order valence-corrected chi connectivity index (χ0v) is 14.8. The third kappa shape index (κ3) is 5.69. The number of amides is 1. The molecule has 2 N–H and O–H groups in total. The molecule has 25 heavy (non-hydrogen) atoms. The maximum Gasteiger partial charge on any atom is 0.220 e. The van der Waals surface area contributed by atoms with E-state index in [-0.39, 0.29) is 18.0 Å². The van der Waals surface area contributed by atoms with E-state index in [4.69, 9.17) is 0 Å². The van der Waals surface area contributed by atoms with Crippen LogP contribution in [0, 0.1) is 17.6 Å². The first-order chi connectivity index (χ1) is 12.0. The molecular formula is C18H26F2N4O. The first-order valence-corrected chi connectivity index (χ1v) is 8.71. The SMILES string of the molecule is CCNC(=NCc1cc(F)ccc1F)N1CCC(CC(=O)NC)CC1. The van der Waals surface area contributed by atoms with Crippen LogP contribution >= 0.6 is 0 Å². The van der Waals surface area contributed by atoms with Crippen molar-refractivity contribution in [2.45, 2.75) is 32.7 Å². The molecule has 0 spiro atoms. The van der Waals surface area contributed by atoms with Gasteiger partial charge in [-0.25, -0.2) is 13.8 Å². The fraction of sp³-hybridized carbons (Fsp3) is 0.556. The number of guanidine groups is 1. The standard InChI is InChI=1S/C18H26F2N4O/c1-3-22-18(23-12-14-11-15(19)4-5-16(14)20)24-8-6-13(7-9-24)10-17(25)21-2/h4-5,11,13H,3,6-10,12H2,1-2H3,(H,21,25)(H,22,23). The predicted octanol–water partition coefficient (Wildman–Crippen LogP) is 2.28. The van der Waals surface area contributed by atoms with Gasteiger partial charge in [-0.2, -0.15) is 0 Å². The quantitative estimate of drug-likeness (QED) is 0.631. The number of carbonyl (C=O) groups is 1. The average molecular weight is 352 g/mol. The van der Waals surface area contributed by atoms with E-state index >= 15 is 0 Å². The van der Waals surface area contributed by atoms with Crippen LogP contribution < -0.4 is 10.6 Å². The molecule has 0 atom stereocenters. The van der Waals surface area contributed by atoms with Gasteiger partial charge in [0.2, 0.25) is 5.91 Å². The Hall–Kier alpha value is -2.18. The molecule has 1 aromatic rings. The molecule has 1 fully saturated rings. The maximum atomic E-state index is 13.7. The second-order valence-corrected chi connectivity index (χ2v) is 6.21. The van der Waals surface area contributed by atoms with Crippen molar-refractivity contribution in [3.8, 4) is 0 Å². The lowest BCUT2D eigenvalue weighted by Gasteiger charge is -2.34. The molecule has 1 heterocycles. The van der Waals surface area contributed by atoms with Crippen LogP contribution in [0.1, 0.15) is 31.7 Å². The Morgan fingerprint density at radius 2 is 2.04 bits per heavy atom. The number of benzene rings is 1. The summed E-state index contributed by atoms with van der Waals surface area (Å²) in [4.78, 5) is 18.1. The van der Waals surface area contributed by atoms with E-state index in [1.165, 1.54) is 6.07 Å². The van der Waals surface area contributed by atoms with Gasteiger partial charge in [-0.05, 0) is 43.9 Å². The van der Waals surface area contributed by atoms with Gasteiger partial charge in [0.05, 0.1) is 6.54 Å². The smallest absolute Gasteiger partial charge is 0.220 e. The number of halogens is 2. The molecule has 0 radical (unpaired) electrons. The fourth-order valence-corrected chi connectivity index (χ4v) is 2.96. The van der Waals surface area contributed by atoms with Crippen LogP contribution in [-0.2, 0) is 11.3 Å². The topological polar surface area (TPSA) is 56.7 Å². The van der Waals surface area contributed by atoms with Crippen LogP contribution in [0.4, 0.5) is 8.78 Å². The van der Waals surface area contributed by atoms with Crippen LogP contribution in [-0.4, -0.2) is 43.4 Å². The molecule has 5 nitrogen and oxygen atoms in total. The third-order valence-electron chi connectivity index (χ3n) is 4.41. The third-order valence-corrected chi connectivity index (χ3v) is 4.41. The van der Waals surface area contributed by atoms with Gasteiger partial charge in [0, 0.05) is 38.7 Å². The van der Waals surface area contributed by atoms with E-state index in [0.29, 0.717) is 24.8 Å². The highest BCUT2D eigenvalue weighted by Gasteiger charge is 2.23. The van der Waals surface area contributed by atoms with Crippen molar-refractivity contribution in [1.29, 1.82) is 0 Å². The largest absolute Gasteiger partial charge is 0.359 e. The van der Waals surface area contributed by atoms with Crippen LogP contribution in [0.2, 0.25) is 0 Å². The summed E-state index contributed by atoms with van der Waals surface area (Å²) in [6, 6.07) is 3.40. The summed E-state index contributed by atoms with van der Waals surface area (Å²) in [7, 11) is 1.65. The molecular weight excluding hydrogens is 326 g/mol. The lowest BCUT2D eigenvalue weighted by molar-refractivity contribution is -0.121. The lowest BCUT2D eigenvalue weighted by Crippen LogP contribution is -2.46. The van der Waals surface area contributed by atoms with Crippen molar-refractivity contribution in [2.75, 3.05) is 26.7 Å². The number of nitrogens with zero attached hydrogens (tertiary/aromatic N) is 2. The number of rotatable bonds is 5. The summed E-state index contributed by atoms with van der Waals surface area (Å²) >= 11 is 0. The summed E-state index contributed by atoms with van der Waals surface area (Å²) in [5, 5.41) is 5.86. The van der Waals surface area contributed by atoms with Gasteiger partial charge >= 0.3 is 0 Å². The second kappa shape index (κ2) is 9.34. The molecule has 1 aliphatic rings. The van der Waals surface area contributed by atoms with Crippen molar-refractivity contribution in [3.63, 3.8) is 0 Å². The number of carbonyl (C=O) groups excluding carboxylic acids is 1. The number of hydrogen-bond acceptors (Lipinski definition) is 2. The van der Waals surface area contributed by atoms with Gasteiger partial charge in [0.15, 0.2) is 5.96 Å². The predicted molar refractivity (Wildman–Crippen MR) is 94.2 cm³/mol. The first-order valence-electron chi connectivity index (χ1n) is 8.71. The van der Waals surface area contributed by atoms with Gasteiger partial charge in [0.25, 0.3) is 0 Å². The number of piperidine rings is 1. The molecule has 1 aromatic carbocycles. The van der Waals surface area contributed by atoms with Crippen molar-refractivity contribution >= 4 is 11.9 Å². The minimum Gasteiger partial charge on any atom is -0.359 e. The highest BCUT2D eigenvalue weighted by molar-refractivity contribution is 5.80. The van der Waals surface area contributed by atoms with Gasteiger partial charge in [-0.3, -0.25) is 4.79 Å². The van der Waals surface area contributed by atoms with Crippen LogP contribution in [0.25, 0.3) is 0 Å². The van der Waals surface area contributed by atoms with Gasteiger partial charge in [-0.1, -0.05) is 0 Å². The molecule has 7 heteroatoms. The Bertz CT molecular complexity index is 613. The molecule has 0 saturated carbocycles. The number of likely N-dealkylation sites (tertiary alicyclic amines) is 1. The molecule has 1 saturated heterocycles. The molecule has 0 aliphatic carbocycles. The van der Waals surface area contributed by atoms with E-state index in [9.17, 15) is 13.6 Å². The number of aliphatic imine (C=N–C) groups is 1. The van der Waals surface area contributed by atoms with E-state index in [0.717, 1.165) is 38.1 Å². The minimum absolute atomic E-state index is 0.0700. The Balaban J connectivity index is 1.98. The number of hydrogen-bond donors (Lipinski definition) is 2. The summed E-state index contributed by atoms with van der Waals surface area (Å²) in [6.45, 7) is 4.33. The molecule has 0 unspecified atom stereocenters. The maximum absolute atomic E-state index is 13.7. The monoisotopic (exact) mass is 352 g/mol. The number of nitrogens with one attached hydrogen (secondary N) is 2. The van der Waals surface area contributed by atoms with Crippen molar-refractivity contribution in [3.05, 3.63) is 35.4 Å². The second-order valence-electron chi connectivity index (χ2n) is 6.21. The molecule has 0 bridgehead atoms.